The van der Waals surface area contributed by atoms with Gasteiger partial charge in [-0.2, -0.15) is 0 Å². The van der Waals surface area contributed by atoms with Gasteiger partial charge in [0.1, 0.15) is 0 Å². The second kappa shape index (κ2) is 7.83. The minimum Gasteiger partial charge on any atom is -0.353 e. The van der Waals surface area contributed by atoms with Crippen molar-refractivity contribution in [1.82, 2.24) is 20.6 Å². The zero-order chi connectivity index (χ0) is 17.6. The molecule has 3 rings (SSSR count). The number of hydrogen-bond acceptors (Lipinski definition) is 3. The third-order valence-corrected chi connectivity index (χ3v) is 4.15. The van der Waals surface area contributed by atoms with Crippen LogP contribution in [0, 0.1) is 6.92 Å². The molecule has 7 nitrogen and oxygen atoms in total. The van der Waals surface area contributed by atoms with Gasteiger partial charge < -0.3 is 20.9 Å². The van der Waals surface area contributed by atoms with Crippen LogP contribution in [0.3, 0.4) is 0 Å². The Hall–Kier alpha value is -2.83. The molecule has 1 aromatic carbocycles. The minimum atomic E-state index is -0.279. The molecule has 2 aromatic rings. The molecule has 0 aliphatic heterocycles. The van der Waals surface area contributed by atoms with Crippen LogP contribution in [-0.2, 0) is 17.8 Å². The topological polar surface area (TPSA) is 98.9 Å². The second-order valence-electron chi connectivity index (χ2n) is 6.32. The lowest BCUT2D eigenvalue weighted by Gasteiger charge is -2.08. The Bertz CT molecular complexity index is 734. The molecule has 0 unspecified atom stereocenters. The summed E-state index contributed by atoms with van der Waals surface area (Å²) in [6, 6.07) is 7.67. The summed E-state index contributed by atoms with van der Waals surface area (Å²) in [4.78, 5) is 30.7. The number of aromatic nitrogens is 2. The van der Waals surface area contributed by atoms with Crippen molar-refractivity contribution >= 4 is 17.6 Å². The van der Waals surface area contributed by atoms with Gasteiger partial charge in [-0.25, -0.2) is 9.78 Å². The molecule has 0 bridgehead atoms. The average Bonchev–Trinajstić information content (AvgIpc) is 3.31. The van der Waals surface area contributed by atoms with Gasteiger partial charge in [-0.05, 0) is 43.9 Å². The highest BCUT2D eigenvalue weighted by atomic mass is 16.2. The van der Waals surface area contributed by atoms with Crippen molar-refractivity contribution in [3.05, 3.63) is 47.5 Å². The second-order valence-corrected chi connectivity index (χ2v) is 6.32. The Kier molecular flexibility index (Phi) is 5.33. The first kappa shape index (κ1) is 17.0. The van der Waals surface area contributed by atoms with E-state index in [-0.39, 0.29) is 11.9 Å². The molecular weight excluding hydrogens is 318 g/mol. The van der Waals surface area contributed by atoms with Crippen molar-refractivity contribution in [3.8, 4) is 0 Å². The van der Waals surface area contributed by atoms with E-state index in [1.54, 1.807) is 6.33 Å². The van der Waals surface area contributed by atoms with E-state index in [1.165, 1.54) is 0 Å². The molecule has 1 aromatic heterocycles. The number of nitrogens with zero attached hydrogens (tertiary/aromatic N) is 1. The number of amides is 3. The zero-order valence-electron chi connectivity index (χ0n) is 14.3. The number of benzene rings is 1. The number of carbonyl (C=O) groups excluding carboxylic acids is 2. The molecule has 1 aliphatic rings. The fraction of sp³-hybridized carbons (Fsp3) is 0.389. The fourth-order valence-corrected chi connectivity index (χ4v) is 2.44. The Morgan fingerprint density at radius 2 is 2.00 bits per heavy atom. The largest absolute Gasteiger partial charge is 0.353 e. The maximum atomic E-state index is 11.9. The Labute approximate surface area is 146 Å². The van der Waals surface area contributed by atoms with Crippen LogP contribution in [0.2, 0.25) is 0 Å². The number of nitrogens with one attached hydrogen (secondary N) is 4. The van der Waals surface area contributed by atoms with Gasteiger partial charge in [0, 0.05) is 23.8 Å². The lowest BCUT2D eigenvalue weighted by molar-refractivity contribution is -0.121. The number of rotatable bonds is 7. The van der Waals surface area contributed by atoms with Gasteiger partial charge in [0.25, 0.3) is 0 Å². The summed E-state index contributed by atoms with van der Waals surface area (Å²) >= 11 is 0. The average molecular weight is 341 g/mol. The van der Waals surface area contributed by atoms with Crippen LogP contribution in [0.25, 0.3) is 0 Å². The molecule has 3 amide bonds. The number of aromatic amines is 1. The summed E-state index contributed by atoms with van der Waals surface area (Å²) in [6.07, 6.45) is 5.01. The maximum absolute atomic E-state index is 11.9. The highest BCUT2D eigenvalue weighted by molar-refractivity contribution is 5.89. The van der Waals surface area contributed by atoms with E-state index in [1.807, 2.05) is 31.2 Å². The number of carbonyl (C=O) groups is 2. The molecule has 7 heteroatoms. The highest BCUT2D eigenvalue weighted by Crippen LogP contribution is 2.19. The molecule has 0 saturated heterocycles. The van der Waals surface area contributed by atoms with Crippen molar-refractivity contribution in [3.63, 3.8) is 0 Å². The summed E-state index contributed by atoms with van der Waals surface area (Å²) in [7, 11) is 0. The predicted octanol–water partition coefficient (Wildman–Crippen LogP) is 2.25. The molecule has 132 valence electrons. The molecule has 1 saturated carbocycles. The molecule has 0 radical (unpaired) electrons. The molecule has 1 aliphatic carbocycles. The van der Waals surface area contributed by atoms with E-state index in [9.17, 15) is 9.59 Å². The SMILES string of the molecule is Cc1[nH]cnc1CNC(=O)Nc1ccc(CCC(=O)NC2CC2)cc1. The number of H-pyrrole nitrogens is 1. The van der Waals surface area contributed by atoms with Gasteiger partial charge in [-0.15, -0.1) is 0 Å². The molecule has 0 atom stereocenters. The van der Waals surface area contributed by atoms with Crippen molar-refractivity contribution in [2.45, 2.75) is 45.2 Å². The van der Waals surface area contributed by atoms with Crippen molar-refractivity contribution < 1.29 is 9.59 Å². The van der Waals surface area contributed by atoms with E-state index in [0.29, 0.717) is 31.1 Å². The normalized spacial score (nSPS) is 13.3. The third-order valence-electron chi connectivity index (χ3n) is 4.15. The molecule has 0 spiro atoms. The van der Waals surface area contributed by atoms with E-state index < -0.39 is 0 Å². The first-order valence-electron chi connectivity index (χ1n) is 8.52. The van der Waals surface area contributed by atoms with E-state index >= 15 is 0 Å². The quantitative estimate of drug-likeness (QED) is 0.621. The number of hydrogen-bond donors (Lipinski definition) is 4. The number of anilines is 1. The monoisotopic (exact) mass is 341 g/mol. The van der Waals surface area contributed by atoms with Crippen LogP contribution in [-0.4, -0.2) is 27.9 Å². The minimum absolute atomic E-state index is 0.109. The zero-order valence-corrected chi connectivity index (χ0v) is 14.3. The Morgan fingerprint density at radius 3 is 2.64 bits per heavy atom. The first-order valence-corrected chi connectivity index (χ1v) is 8.52. The smallest absolute Gasteiger partial charge is 0.319 e. The number of urea groups is 1. The molecule has 1 heterocycles. The first-order chi connectivity index (χ1) is 12.1. The van der Waals surface area contributed by atoms with Gasteiger partial charge in [-0.1, -0.05) is 12.1 Å². The van der Waals surface area contributed by atoms with Gasteiger partial charge in [0.15, 0.2) is 0 Å². The molecular formula is C18H23N5O2. The summed E-state index contributed by atoms with van der Waals surface area (Å²) in [5.74, 6) is 0.109. The lowest BCUT2D eigenvalue weighted by atomic mass is 10.1. The van der Waals surface area contributed by atoms with Crippen LogP contribution in [0.15, 0.2) is 30.6 Å². The Morgan fingerprint density at radius 1 is 1.24 bits per heavy atom. The predicted molar refractivity (Wildman–Crippen MR) is 95.1 cm³/mol. The Balaban J connectivity index is 1.41. The van der Waals surface area contributed by atoms with Gasteiger partial charge in [0.05, 0.1) is 18.6 Å². The van der Waals surface area contributed by atoms with E-state index in [4.69, 9.17) is 0 Å². The van der Waals surface area contributed by atoms with Crippen LogP contribution in [0.1, 0.15) is 36.2 Å². The van der Waals surface area contributed by atoms with E-state index in [2.05, 4.69) is 25.9 Å². The van der Waals surface area contributed by atoms with Crippen molar-refractivity contribution in [1.29, 1.82) is 0 Å². The fourth-order valence-electron chi connectivity index (χ4n) is 2.44. The number of aryl methyl sites for hydroxylation is 2. The van der Waals surface area contributed by atoms with Gasteiger partial charge >= 0.3 is 6.03 Å². The summed E-state index contributed by atoms with van der Waals surface area (Å²) < 4.78 is 0. The standard InChI is InChI=1S/C18H23N5O2/c1-12-16(21-11-20-12)10-19-18(25)23-15-5-2-13(3-6-15)4-9-17(24)22-14-7-8-14/h2-3,5-6,11,14H,4,7-10H2,1H3,(H,20,21)(H,22,24)(H2,19,23,25). The van der Waals surface area contributed by atoms with Gasteiger partial charge in [-0.3, -0.25) is 4.79 Å². The van der Waals surface area contributed by atoms with Crippen LogP contribution in [0.5, 0.6) is 0 Å². The third kappa shape index (κ3) is 5.34. The molecule has 1 fully saturated rings. The number of imidazole rings is 1. The van der Waals surface area contributed by atoms with Gasteiger partial charge in [0.2, 0.25) is 5.91 Å². The van der Waals surface area contributed by atoms with Crippen molar-refractivity contribution in [2.75, 3.05) is 5.32 Å². The van der Waals surface area contributed by atoms with Crippen LogP contribution in [0.4, 0.5) is 10.5 Å². The van der Waals surface area contributed by atoms with E-state index in [0.717, 1.165) is 29.8 Å². The summed E-state index contributed by atoms with van der Waals surface area (Å²) in [6.45, 7) is 2.28. The van der Waals surface area contributed by atoms with Crippen molar-refractivity contribution in [2.24, 2.45) is 0 Å². The summed E-state index contributed by atoms with van der Waals surface area (Å²) in [5.41, 5.74) is 3.54. The van der Waals surface area contributed by atoms with Crippen LogP contribution >= 0.6 is 0 Å². The van der Waals surface area contributed by atoms with Crippen LogP contribution < -0.4 is 16.0 Å². The summed E-state index contributed by atoms with van der Waals surface area (Å²) in [5, 5.41) is 8.53. The molecule has 4 N–H and O–H groups in total. The lowest BCUT2D eigenvalue weighted by Crippen LogP contribution is -2.28. The highest BCUT2D eigenvalue weighted by Gasteiger charge is 2.22. The molecule has 25 heavy (non-hydrogen) atoms. The maximum Gasteiger partial charge on any atom is 0.319 e.